The number of benzene rings is 2. The highest BCUT2D eigenvalue weighted by Gasteiger charge is 2.32. The molecule has 1 fully saturated rings. The van der Waals surface area contributed by atoms with Crippen LogP contribution in [0, 0.1) is 0 Å². The van der Waals surface area contributed by atoms with E-state index in [1.165, 1.54) is 0 Å². The fourth-order valence-electron chi connectivity index (χ4n) is 3.75. The molecule has 146 valence electrons. The van der Waals surface area contributed by atoms with E-state index in [0.717, 1.165) is 23.5 Å². The van der Waals surface area contributed by atoms with E-state index in [1.54, 1.807) is 36.3 Å². The first kappa shape index (κ1) is 18.3. The lowest BCUT2D eigenvalue weighted by molar-refractivity contribution is -0.141. The van der Waals surface area contributed by atoms with Crippen molar-refractivity contribution < 1.29 is 19.1 Å². The Bertz CT molecular complexity index is 857. The first-order valence-corrected chi connectivity index (χ1v) is 9.62. The molecule has 0 N–H and O–H groups in total. The number of piperazine rings is 1. The average molecular weight is 380 g/mol. The summed E-state index contributed by atoms with van der Waals surface area (Å²) in [5.74, 6) is 1.53. The number of fused-ring (bicyclic) bond motifs is 1. The molecule has 2 aromatic carbocycles. The molecule has 0 saturated carbocycles. The summed E-state index contributed by atoms with van der Waals surface area (Å²) in [7, 11) is 1.60. The summed E-state index contributed by atoms with van der Waals surface area (Å²) < 4.78 is 11.1. The second-order valence-electron chi connectivity index (χ2n) is 7.10. The molecule has 2 amide bonds. The Balaban J connectivity index is 1.33. The van der Waals surface area contributed by atoms with E-state index in [4.69, 9.17) is 9.47 Å². The van der Waals surface area contributed by atoms with E-state index in [1.807, 2.05) is 29.2 Å². The zero-order valence-corrected chi connectivity index (χ0v) is 16.0. The summed E-state index contributed by atoms with van der Waals surface area (Å²) in [6.07, 6.45) is 1.11. The van der Waals surface area contributed by atoms with Gasteiger partial charge in [-0.15, -0.1) is 0 Å². The Hall–Kier alpha value is -3.02. The van der Waals surface area contributed by atoms with Gasteiger partial charge in [-0.3, -0.25) is 9.59 Å². The van der Waals surface area contributed by atoms with Crippen molar-refractivity contribution in [1.82, 2.24) is 9.80 Å². The number of carbonyl (C=O) groups is 2. The maximum atomic E-state index is 12.9. The second-order valence-corrected chi connectivity index (χ2v) is 7.10. The monoisotopic (exact) mass is 380 g/mol. The summed E-state index contributed by atoms with van der Waals surface area (Å²) in [4.78, 5) is 29.1. The van der Waals surface area contributed by atoms with Gasteiger partial charge < -0.3 is 19.3 Å². The SMILES string of the molecule is COc1ccc(C(=O)N2CCN(C(=O)[C@H]3CCc4ccccc4O3)CC2)cc1. The molecule has 2 heterocycles. The van der Waals surface area contributed by atoms with Crippen molar-refractivity contribution >= 4 is 11.8 Å². The Morgan fingerprint density at radius 1 is 0.964 bits per heavy atom. The summed E-state index contributed by atoms with van der Waals surface area (Å²) >= 11 is 0. The van der Waals surface area contributed by atoms with Crippen LogP contribution in [0.3, 0.4) is 0 Å². The van der Waals surface area contributed by atoms with Crippen molar-refractivity contribution in [3.63, 3.8) is 0 Å². The van der Waals surface area contributed by atoms with Crippen LogP contribution in [0.1, 0.15) is 22.3 Å². The predicted molar refractivity (Wildman–Crippen MR) is 105 cm³/mol. The molecule has 0 radical (unpaired) electrons. The van der Waals surface area contributed by atoms with E-state index in [9.17, 15) is 9.59 Å². The van der Waals surface area contributed by atoms with Crippen LogP contribution in [0.2, 0.25) is 0 Å². The number of carbonyl (C=O) groups excluding carboxylic acids is 2. The van der Waals surface area contributed by atoms with Crippen LogP contribution in [0.5, 0.6) is 11.5 Å². The maximum Gasteiger partial charge on any atom is 0.263 e. The number of amides is 2. The molecule has 2 aliphatic rings. The molecule has 0 aliphatic carbocycles. The van der Waals surface area contributed by atoms with Crippen molar-refractivity contribution in [2.75, 3.05) is 33.3 Å². The molecule has 6 heteroatoms. The molecule has 2 aliphatic heterocycles. The van der Waals surface area contributed by atoms with Gasteiger partial charge in [-0.2, -0.15) is 0 Å². The number of hydrogen-bond donors (Lipinski definition) is 0. The molecule has 28 heavy (non-hydrogen) atoms. The van der Waals surface area contributed by atoms with Gasteiger partial charge in [0, 0.05) is 31.7 Å². The van der Waals surface area contributed by atoms with Crippen LogP contribution in [-0.4, -0.2) is 61.0 Å². The van der Waals surface area contributed by atoms with Crippen molar-refractivity contribution in [3.8, 4) is 11.5 Å². The fraction of sp³-hybridized carbons (Fsp3) is 0.364. The highest BCUT2D eigenvalue weighted by atomic mass is 16.5. The molecular weight excluding hydrogens is 356 g/mol. The quantitative estimate of drug-likeness (QED) is 0.820. The van der Waals surface area contributed by atoms with Gasteiger partial charge in [-0.25, -0.2) is 0 Å². The van der Waals surface area contributed by atoms with Crippen molar-refractivity contribution in [1.29, 1.82) is 0 Å². The van der Waals surface area contributed by atoms with Gasteiger partial charge in [0.25, 0.3) is 11.8 Å². The Labute approximate surface area is 164 Å². The third kappa shape index (κ3) is 3.67. The van der Waals surface area contributed by atoms with Crippen molar-refractivity contribution in [2.24, 2.45) is 0 Å². The van der Waals surface area contributed by atoms with Crippen LogP contribution in [0.25, 0.3) is 0 Å². The minimum atomic E-state index is -0.432. The van der Waals surface area contributed by atoms with Crippen LogP contribution in [-0.2, 0) is 11.2 Å². The molecule has 6 nitrogen and oxygen atoms in total. The topological polar surface area (TPSA) is 59.1 Å². The van der Waals surface area contributed by atoms with Crippen molar-refractivity contribution in [2.45, 2.75) is 18.9 Å². The van der Waals surface area contributed by atoms with E-state index in [0.29, 0.717) is 38.2 Å². The lowest BCUT2D eigenvalue weighted by atomic mass is 10.0. The normalized spacial score (nSPS) is 18.8. The number of methoxy groups -OCH3 is 1. The minimum absolute atomic E-state index is 0.0161. The van der Waals surface area contributed by atoms with Crippen LogP contribution in [0.15, 0.2) is 48.5 Å². The van der Waals surface area contributed by atoms with Gasteiger partial charge in [0.05, 0.1) is 7.11 Å². The number of aryl methyl sites for hydroxylation is 1. The lowest BCUT2D eigenvalue weighted by Gasteiger charge is -2.37. The lowest BCUT2D eigenvalue weighted by Crippen LogP contribution is -2.54. The van der Waals surface area contributed by atoms with Gasteiger partial charge in [-0.05, 0) is 48.7 Å². The maximum absolute atomic E-state index is 12.9. The average Bonchev–Trinajstić information content (AvgIpc) is 2.78. The van der Waals surface area contributed by atoms with E-state index >= 15 is 0 Å². The first-order valence-electron chi connectivity index (χ1n) is 9.62. The molecule has 0 unspecified atom stereocenters. The fourth-order valence-corrected chi connectivity index (χ4v) is 3.75. The highest BCUT2D eigenvalue weighted by molar-refractivity contribution is 5.94. The van der Waals surface area contributed by atoms with Gasteiger partial charge >= 0.3 is 0 Å². The van der Waals surface area contributed by atoms with E-state index < -0.39 is 6.10 Å². The number of rotatable bonds is 3. The van der Waals surface area contributed by atoms with Crippen LogP contribution >= 0.6 is 0 Å². The first-order chi connectivity index (χ1) is 13.7. The zero-order chi connectivity index (χ0) is 19.5. The largest absolute Gasteiger partial charge is 0.497 e. The summed E-state index contributed by atoms with van der Waals surface area (Å²) in [5, 5.41) is 0. The predicted octanol–water partition coefficient (Wildman–Crippen LogP) is 2.37. The van der Waals surface area contributed by atoms with Gasteiger partial charge in [-0.1, -0.05) is 18.2 Å². The summed E-state index contributed by atoms with van der Waals surface area (Å²) in [6, 6.07) is 15.0. The van der Waals surface area contributed by atoms with Gasteiger partial charge in [0.2, 0.25) is 0 Å². The minimum Gasteiger partial charge on any atom is -0.497 e. The molecule has 2 aromatic rings. The van der Waals surface area contributed by atoms with Crippen LogP contribution in [0.4, 0.5) is 0 Å². The molecule has 1 atom stereocenters. The molecule has 0 aromatic heterocycles. The standard InChI is InChI=1S/C22H24N2O4/c1-27-18-9-6-17(7-10-18)21(25)23-12-14-24(15-13-23)22(26)20-11-8-16-4-2-3-5-19(16)28-20/h2-7,9-10,20H,8,11-15H2,1H3/t20-/m1/s1. The Kier molecular flexibility index (Phi) is 5.19. The number of nitrogens with zero attached hydrogens (tertiary/aromatic N) is 2. The van der Waals surface area contributed by atoms with E-state index in [-0.39, 0.29) is 11.8 Å². The highest BCUT2D eigenvalue weighted by Crippen LogP contribution is 2.28. The Morgan fingerprint density at radius 3 is 2.36 bits per heavy atom. The molecular formula is C22H24N2O4. The number of hydrogen-bond acceptors (Lipinski definition) is 4. The summed E-state index contributed by atoms with van der Waals surface area (Å²) in [6.45, 7) is 2.12. The van der Waals surface area contributed by atoms with Gasteiger partial charge in [0.15, 0.2) is 6.10 Å². The molecule has 0 bridgehead atoms. The third-order valence-electron chi connectivity index (χ3n) is 5.41. The third-order valence-corrected chi connectivity index (χ3v) is 5.41. The zero-order valence-electron chi connectivity index (χ0n) is 16.0. The molecule has 1 saturated heterocycles. The number of para-hydroxylation sites is 1. The smallest absolute Gasteiger partial charge is 0.263 e. The summed E-state index contributed by atoms with van der Waals surface area (Å²) in [5.41, 5.74) is 1.79. The molecule has 0 spiro atoms. The Morgan fingerprint density at radius 2 is 1.64 bits per heavy atom. The molecule has 4 rings (SSSR count). The van der Waals surface area contributed by atoms with Gasteiger partial charge in [0.1, 0.15) is 11.5 Å². The van der Waals surface area contributed by atoms with E-state index in [2.05, 4.69) is 0 Å². The second kappa shape index (κ2) is 7.92. The van der Waals surface area contributed by atoms with Crippen molar-refractivity contribution in [3.05, 3.63) is 59.7 Å². The number of ether oxygens (including phenoxy) is 2. The van der Waals surface area contributed by atoms with Crippen LogP contribution < -0.4 is 9.47 Å².